The molecule has 4 nitrogen and oxygen atoms in total. The fraction of sp³-hybridized carbons (Fsp3) is 0.769. The quantitative estimate of drug-likeness (QED) is 0.759. The molecule has 4 heteroatoms. The van der Waals surface area contributed by atoms with Crippen LogP contribution in [0.1, 0.15) is 32.6 Å². The summed E-state index contributed by atoms with van der Waals surface area (Å²) in [5, 5.41) is 9.19. The van der Waals surface area contributed by atoms with Gasteiger partial charge < -0.3 is 10.0 Å². The van der Waals surface area contributed by atoms with Crippen molar-refractivity contribution in [2.24, 2.45) is 0 Å². The predicted octanol–water partition coefficient (Wildman–Crippen LogP) is 1.22. The maximum absolute atomic E-state index is 12.0. The van der Waals surface area contributed by atoms with Gasteiger partial charge in [0, 0.05) is 19.3 Å². The van der Waals surface area contributed by atoms with Gasteiger partial charge in [0.15, 0.2) is 0 Å². The maximum Gasteiger partial charge on any atom is 0.240 e. The number of likely N-dealkylation sites (N-methyl/N-ethyl adjacent to an activating group) is 2. The molecular formula is C13H24N2O2. The van der Waals surface area contributed by atoms with Crippen molar-refractivity contribution in [3.05, 3.63) is 11.8 Å². The Bertz CT molecular complexity index is 287. The van der Waals surface area contributed by atoms with Gasteiger partial charge in [0.05, 0.1) is 12.6 Å². The average molecular weight is 240 g/mol. The Balaban J connectivity index is 2.32. The number of carbonyl (C=O) groups is 1. The highest BCUT2D eigenvalue weighted by Crippen LogP contribution is 2.20. The third kappa shape index (κ3) is 4.88. The van der Waals surface area contributed by atoms with E-state index in [1.807, 2.05) is 19.0 Å². The fourth-order valence-electron chi connectivity index (χ4n) is 1.94. The lowest BCUT2D eigenvalue weighted by atomic mass is 10.2. The first-order valence-corrected chi connectivity index (χ1v) is 6.33. The number of hydrogen-bond donors (Lipinski definition) is 1. The van der Waals surface area contributed by atoms with E-state index in [1.165, 1.54) is 0 Å². The Morgan fingerprint density at radius 2 is 2.24 bits per heavy atom. The van der Waals surface area contributed by atoms with E-state index < -0.39 is 0 Å². The molecule has 0 aromatic heterocycles. The van der Waals surface area contributed by atoms with Gasteiger partial charge in [0.2, 0.25) is 5.91 Å². The van der Waals surface area contributed by atoms with E-state index in [-0.39, 0.29) is 12.0 Å². The van der Waals surface area contributed by atoms with Gasteiger partial charge in [0.1, 0.15) is 0 Å². The molecular weight excluding hydrogens is 216 g/mol. The Morgan fingerprint density at radius 1 is 1.53 bits per heavy atom. The van der Waals surface area contributed by atoms with Crippen LogP contribution >= 0.6 is 0 Å². The molecule has 1 unspecified atom stereocenters. The summed E-state index contributed by atoms with van der Waals surface area (Å²) < 4.78 is 0. The molecule has 0 spiro atoms. The van der Waals surface area contributed by atoms with Crippen LogP contribution < -0.4 is 0 Å². The monoisotopic (exact) mass is 240 g/mol. The van der Waals surface area contributed by atoms with Crippen LogP contribution in [0.4, 0.5) is 0 Å². The van der Waals surface area contributed by atoms with Crippen molar-refractivity contribution in [1.82, 2.24) is 9.80 Å². The van der Waals surface area contributed by atoms with E-state index in [1.54, 1.807) is 11.8 Å². The number of aliphatic hydroxyl groups is 1. The summed E-state index contributed by atoms with van der Waals surface area (Å²) in [5.41, 5.74) is 1.15. The molecule has 0 aromatic carbocycles. The van der Waals surface area contributed by atoms with Crippen LogP contribution in [0.25, 0.3) is 0 Å². The normalized spacial score (nSPS) is 17.1. The maximum atomic E-state index is 12.0. The van der Waals surface area contributed by atoms with Gasteiger partial charge in [0.25, 0.3) is 0 Å². The molecule has 0 aliphatic heterocycles. The van der Waals surface area contributed by atoms with Crippen molar-refractivity contribution in [3.8, 4) is 0 Å². The summed E-state index contributed by atoms with van der Waals surface area (Å²) in [6.45, 7) is 2.93. The van der Waals surface area contributed by atoms with E-state index in [4.69, 9.17) is 0 Å². The number of nitrogens with zero attached hydrogens (tertiary/aromatic N) is 2. The number of amides is 1. The first-order chi connectivity index (χ1) is 8.00. The van der Waals surface area contributed by atoms with Gasteiger partial charge in [-0.05, 0) is 39.7 Å². The first-order valence-electron chi connectivity index (χ1n) is 6.33. The minimum atomic E-state index is -0.303. The second-order valence-corrected chi connectivity index (χ2v) is 4.92. The van der Waals surface area contributed by atoms with Gasteiger partial charge in [-0.1, -0.05) is 6.08 Å². The average Bonchev–Trinajstić information content (AvgIpc) is 2.78. The zero-order chi connectivity index (χ0) is 12.8. The molecule has 0 aromatic rings. The lowest BCUT2D eigenvalue weighted by Gasteiger charge is -2.23. The molecule has 98 valence electrons. The van der Waals surface area contributed by atoms with Crippen LogP contribution in [0.2, 0.25) is 0 Å². The van der Waals surface area contributed by atoms with Crippen molar-refractivity contribution in [1.29, 1.82) is 0 Å². The zero-order valence-corrected chi connectivity index (χ0v) is 11.1. The highest BCUT2D eigenvalue weighted by Gasteiger charge is 2.17. The molecule has 1 aliphatic rings. The van der Waals surface area contributed by atoms with Crippen molar-refractivity contribution < 1.29 is 9.90 Å². The van der Waals surface area contributed by atoms with Crippen LogP contribution in [-0.4, -0.2) is 54.1 Å². The summed E-state index contributed by atoms with van der Waals surface area (Å²) in [5.74, 6) is 0.131. The topological polar surface area (TPSA) is 43.8 Å². The Hall–Kier alpha value is -0.870. The molecule has 1 atom stereocenters. The minimum absolute atomic E-state index is 0.131. The second kappa shape index (κ2) is 6.77. The third-order valence-corrected chi connectivity index (χ3v) is 3.16. The number of aliphatic hydroxyl groups excluding tert-OH is 1. The van der Waals surface area contributed by atoms with Gasteiger partial charge >= 0.3 is 0 Å². The largest absolute Gasteiger partial charge is 0.393 e. The van der Waals surface area contributed by atoms with Crippen LogP contribution in [0.15, 0.2) is 11.8 Å². The summed E-state index contributed by atoms with van der Waals surface area (Å²) in [6, 6.07) is 0. The van der Waals surface area contributed by atoms with Crippen LogP contribution in [-0.2, 0) is 4.79 Å². The molecule has 0 fully saturated rings. The SMILES string of the molecule is CC(O)CCN(C)CC(=O)N(C)C1=CCCC1. The van der Waals surface area contributed by atoms with Gasteiger partial charge in [-0.15, -0.1) is 0 Å². The Morgan fingerprint density at radius 3 is 2.76 bits per heavy atom. The van der Waals surface area contributed by atoms with Crippen molar-refractivity contribution in [3.63, 3.8) is 0 Å². The zero-order valence-electron chi connectivity index (χ0n) is 11.1. The van der Waals surface area contributed by atoms with Crippen molar-refractivity contribution >= 4 is 5.91 Å². The summed E-state index contributed by atoms with van der Waals surface area (Å²) in [7, 11) is 3.76. The van der Waals surface area contributed by atoms with Crippen LogP contribution in [0.3, 0.4) is 0 Å². The minimum Gasteiger partial charge on any atom is -0.393 e. The second-order valence-electron chi connectivity index (χ2n) is 4.92. The van der Waals surface area contributed by atoms with Gasteiger partial charge in [-0.2, -0.15) is 0 Å². The molecule has 0 radical (unpaired) electrons. The Kier molecular flexibility index (Phi) is 5.65. The van der Waals surface area contributed by atoms with E-state index in [9.17, 15) is 9.90 Å². The molecule has 0 saturated heterocycles. The van der Waals surface area contributed by atoms with E-state index in [2.05, 4.69) is 6.08 Å². The molecule has 1 aliphatic carbocycles. The van der Waals surface area contributed by atoms with Crippen molar-refractivity contribution in [2.75, 3.05) is 27.2 Å². The molecule has 0 saturated carbocycles. The van der Waals surface area contributed by atoms with Crippen molar-refractivity contribution in [2.45, 2.75) is 38.7 Å². The molecule has 0 bridgehead atoms. The van der Waals surface area contributed by atoms with E-state index in [0.717, 1.165) is 31.5 Å². The first kappa shape index (κ1) is 14.2. The van der Waals surface area contributed by atoms with Crippen LogP contribution in [0, 0.1) is 0 Å². The lowest BCUT2D eigenvalue weighted by Crippen LogP contribution is -2.36. The lowest BCUT2D eigenvalue weighted by molar-refractivity contribution is -0.129. The number of hydrogen-bond acceptors (Lipinski definition) is 3. The number of rotatable bonds is 6. The summed E-state index contributed by atoms with van der Waals surface area (Å²) in [4.78, 5) is 15.7. The number of allylic oxidation sites excluding steroid dienone is 2. The predicted molar refractivity (Wildman–Crippen MR) is 68.5 cm³/mol. The molecule has 1 rings (SSSR count). The standard InChI is InChI=1S/C13H24N2O2/c1-11(16)8-9-14(2)10-13(17)15(3)12-6-4-5-7-12/h6,11,16H,4-5,7-10H2,1-3H3. The molecule has 1 amide bonds. The third-order valence-electron chi connectivity index (χ3n) is 3.16. The number of carbonyl (C=O) groups excluding carboxylic acids is 1. The van der Waals surface area contributed by atoms with Gasteiger partial charge in [-0.3, -0.25) is 9.69 Å². The van der Waals surface area contributed by atoms with Gasteiger partial charge in [-0.25, -0.2) is 0 Å². The molecule has 1 N–H and O–H groups in total. The molecule has 17 heavy (non-hydrogen) atoms. The molecule has 0 heterocycles. The smallest absolute Gasteiger partial charge is 0.240 e. The summed E-state index contributed by atoms with van der Waals surface area (Å²) >= 11 is 0. The summed E-state index contributed by atoms with van der Waals surface area (Å²) in [6.07, 6.45) is 5.81. The van der Waals surface area contributed by atoms with E-state index in [0.29, 0.717) is 13.0 Å². The van der Waals surface area contributed by atoms with Crippen LogP contribution in [0.5, 0.6) is 0 Å². The fourth-order valence-corrected chi connectivity index (χ4v) is 1.94. The highest BCUT2D eigenvalue weighted by atomic mass is 16.3. The Labute approximate surface area is 104 Å². The van der Waals surface area contributed by atoms with E-state index >= 15 is 0 Å². The highest BCUT2D eigenvalue weighted by molar-refractivity contribution is 5.79.